The second-order valence-electron chi connectivity index (χ2n) is 2.54. The Kier molecular flexibility index (Phi) is 2.07. The molecule has 0 aliphatic carbocycles. The summed E-state index contributed by atoms with van der Waals surface area (Å²) in [4.78, 5) is 0. The first kappa shape index (κ1) is 7.96. The van der Waals surface area contributed by atoms with Gasteiger partial charge in [-0.3, -0.25) is 0 Å². The minimum Gasteiger partial charge on any atom is -0.193 e. The summed E-state index contributed by atoms with van der Waals surface area (Å²) in [7, 11) is 0. The Hall–Kier alpha value is -1.66. The molecule has 0 saturated carbocycles. The average Bonchev–Trinajstić information content (AvgIpc) is 2.70. The molecule has 0 N–H and O–H groups in total. The van der Waals surface area contributed by atoms with Gasteiger partial charge < -0.3 is 0 Å². The van der Waals surface area contributed by atoms with Gasteiger partial charge in [-0.25, -0.2) is 0 Å². The lowest BCUT2D eigenvalue weighted by atomic mass is 10.1. The van der Waals surface area contributed by atoms with Crippen molar-refractivity contribution in [3.8, 4) is 17.3 Å². The lowest BCUT2D eigenvalue weighted by Crippen LogP contribution is -1.82. The lowest BCUT2D eigenvalue weighted by molar-refractivity contribution is 1.45. The SMILES string of the molecule is N#Cc1ccccc1-c1ccsn1. The van der Waals surface area contributed by atoms with E-state index in [1.165, 1.54) is 11.5 Å². The van der Waals surface area contributed by atoms with Crippen LogP contribution in [-0.2, 0) is 0 Å². The quantitative estimate of drug-likeness (QED) is 0.686. The van der Waals surface area contributed by atoms with Gasteiger partial charge in [0.1, 0.15) is 0 Å². The van der Waals surface area contributed by atoms with Crippen molar-refractivity contribution in [2.45, 2.75) is 0 Å². The van der Waals surface area contributed by atoms with Crippen LogP contribution in [0.1, 0.15) is 5.56 Å². The van der Waals surface area contributed by atoms with Crippen molar-refractivity contribution < 1.29 is 0 Å². The van der Waals surface area contributed by atoms with Crippen LogP contribution in [0.2, 0.25) is 0 Å². The van der Waals surface area contributed by atoms with Crippen molar-refractivity contribution in [3.63, 3.8) is 0 Å². The maximum absolute atomic E-state index is 8.84. The van der Waals surface area contributed by atoms with E-state index < -0.39 is 0 Å². The monoisotopic (exact) mass is 186 g/mol. The van der Waals surface area contributed by atoms with Crippen LogP contribution in [0.3, 0.4) is 0 Å². The molecule has 1 aromatic heterocycles. The Morgan fingerprint density at radius 2 is 2.08 bits per heavy atom. The first-order chi connectivity index (χ1) is 6.42. The Bertz CT molecular complexity index is 440. The first-order valence-electron chi connectivity index (χ1n) is 3.81. The van der Waals surface area contributed by atoms with Gasteiger partial charge in [0.25, 0.3) is 0 Å². The molecule has 62 valence electrons. The van der Waals surface area contributed by atoms with Crippen LogP contribution in [-0.4, -0.2) is 4.37 Å². The van der Waals surface area contributed by atoms with E-state index in [9.17, 15) is 0 Å². The third kappa shape index (κ3) is 1.44. The van der Waals surface area contributed by atoms with Crippen molar-refractivity contribution in [3.05, 3.63) is 41.3 Å². The van der Waals surface area contributed by atoms with E-state index in [1.807, 2.05) is 29.6 Å². The zero-order valence-corrected chi connectivity index (χ0v) is 7.58. The highest BCUT2D eigenvalue weighted by Gasteiger charge is 2.04. The fourth-order valence-electron chi connectivity index (χ4n) is 1.16. The fraction of sp³-hybridized carbons (Fsp3) is 0. The second kappa shape index (κ2) is 3.38. The topological polar surface area (TPSA) is 36.7 Å². The molecule has 0 spiro atoms. The average molecular weight is 186 g/mol. The zero-order chi connectivity index (χ0) is 9.10. The number of hydrogen-bond acceptors (Lipinski definition) is 3. The number of rotatable bonds is 1. The molecule has 0 atom stereocenters. The third-order valence-corrected chi connectivity index (χ3v) is 2.32. The molecule has 3 heteroatoms. The van der Waals surface area contributed by atoms with E-state index in [1.54, 1.807) is 6.07 Å². The van der Waals surface area contributed by atoms with Crippen LogP contribution >= 0.6 is 11.5 Å². The van der Waals surface area contributed by atoms with Crippen molar-refractivity contribution in [2.24, 2.45) is 0 Å². The highest BCUT2D eigenvalue weighted by Crippen LogP contribution is 2.21. The molecule has 1 aromatic carbocycles. The number of benzene rings is 1. The Morgan fingerprint density at radius 1 is 1.23 bits per heavy atom. The maximum Gasteiger partial charge on any atom is 0.0998 e. The Balaban J connectivity index is 2.59. The maximum atomic E-state index is 8.84. The smallest absolute Gasteiger partial charge is 0.0998 e. The van der Waals surface area contributed by atoms with Crippen LogP contribution in [0.5, 0.6) is 0 Å². The minimum atomic E-state index is 0.674. The predicted octanol–water partition coefficient (Wildman–Crippen LogP) is 2.68. The first-order valence-corrected chi connectivity index (χ1v) is 4.65. The molecule has 0 amide bonds. The van der Waals surface area contributed by atoms with Crippen molar-refractivity contribution in [1.29, 1.82) is 5.26 Å². The van der Waals surface area contributed by atoms with Gasteiger partial charge in [0, 0.05) is 10.9 Å². The van der Waals surface area contributed by atoms with Crippen molar-refractivity contribution in [2.75, 3.05) is 0 Å². The molecule has 1 heterocycles. The number of hydrogen-bond donors (Lipinski definition) is 0. The summed E-state index contributed by atoms with van der Waals surface area (Å²) in [6.07, 6.45) is 0. The van der Waals surface area contributed by atoms with Crippen LogP contribution in [0.4, 0.5) is 0 Å². The molecular weight excluding hydrogens is 180 g/mol. The second-order valence-corrected chi connectivity index (χ2v) is 3.21. The van der Waals surface area contributed by atoms with Gasteiger partial charge in [0.2, 0.25) is 0 Å². The highest BCUT2D eigenvalue weighted by atomic mass is 32.1. The summed E-state index contributed by atoms with van der Waals surface area (Å²) in [5.41, 5.74) is 2.46. The predicted molar refractivity (Wildman–Crippen MR) is 52.3 cm³/mol. The number of aromatic nitrogens is 1. The summed E-state index contributed by atoms with van der Waals surface area (Å²) in [5, 5.41) is 10.7. The molecule has 0 saturated heterocycles. The fourth-order valence-corrected chi connectivity index (χ4v) is 1.68. The minimum absolute atomic E-state index is 0.674. The van der Waals surface area contributed by atoms with E-state index in [-0.39, 0.29) is 0 Å². The molecule has 0 aliphatic heterocycles. The molecule has 0 bridgehead atoms. The normalized spacial score (nSPS) is 9.46. The van der Waals surface area contributed by atoms with E-state index in [2.05, 4.69) is 10.4 Å². The van der Waals surface area contributed by atoms with Crippen LogP contribution < -0.4 is 0 Å². The molecule has 2 nitrogen and oxygen atoms in total. The summed E-state index contributed by atoms with van der Waals surface area (Å²) in [5.74, 6) is 0. The summed E-state index contributed by atoms with van der Waals surface area (Å²) < 4.78 is 4.19. The van der Waals surface area contributed by atoms with Gasteiger partial charge in [-0.15, -0.1) is 0 Å². The summed E-state index contributed by atoms with van der Waals surface area (Å²) >= 11 is 1.39. The molecular formula is C10H6N2S. The highest BCUT2D eigenvalue weighted by molar-refractivity contribution is 7.03. The molecule has 0 radical (unpaired) electrons. The van der Waals surface area contributed by atoms with E-state index >= 15 is 0 Å². The molecule has 0 aliphatic rings. The van der Waals surface area contributed by atoms with Crippen LogP contribution in [0, 0.1) is 11.3 Å². The van der Waals surface area contributed by atoms with E-state index in [4.69, 9.17) is 5.26 Å². The van der Waals surface area contributed by atoms with E-state index in [0.717, 1.165) is 11.3 Å². The molecule has 0 fully saturated rings. The lowest BCUT2D eigenvalue weighted by Gasteiger charge is -1.97. The van der Waals surface area contributed by atoms with Crippen LogP contribution in [0.25, 0.3) is 11.3 Å². The van der Waals surface area contributed by atoms with Gasteiger partial charge in [-0.2, -0.15) is 9.64 Å². The van der Waals surface area contributed by atoms with Gasteiger partial charge in [0.15, 0.2) is 0 Å². The van der Waals surface area contributed by atoms with Gasteiger partial charge in [-0.1, -0.05) is 18.2 Å². The third-order valence-electron chi connectivity index (χ3n) is 1.76. The number of nitriles is 1. The van der Waals surface area contributed by atoms with Crippen molar-refractivity contribution in [1.82, 2.24) is 4.37 Å². The Labute approximate surface area is 80.2 Å². The van der Waals surface area contributed by atoms with E-state index in [0.29, 0.717) is 5.56 Å². The molecule has 2 aromatic rings. The summed E-state index contributed by atoms with van der Waals surface area (Å²) in [6.45, 7) is 0. The molecule has 13 heavy (non-hydrogen) atoms. The van der Waals surface area contributed by atoms with Crippen molar-refractivity contribution >= 4 is 11.5 Å². The van der Waals surface area contributed by atoms with Crippen LogP contribution in [0.15, 0.2) is 35.7 Å². The zero-order valence-electron chi connectivity index (χ0n) is 6.77. The van der Waals surface area contributed by atoms with Gasteiger partial charge >= 0.3 is 0 Å². The largest absolute Gasteiger partial charge is 0.193 e. The number of nitrogens with zero attached hydrogens (tertiary/aromatic N) is 2. The standard InChI is InChI=1S/C10H6N2S/c11-7-8-3-1-2-4-9(8)10-5-6-13-12-10/h1-6H. The van der Waals surface area contributed by atoms with Gasteiger partial charge in [-0.05, 0) is 23.7 Å². The Morgan fingerprint density at radius 3 is 2.77 bits per heavy atom. The molecule has 0 unspecified atom stereocenters. The molecule has 2 rings (SSSR count). The summed E-state index contributed by atoms with van der Waals surface area (Å²) in [6, 6.07) is 11.5. The van der Waals surface area contributed by atoms with Gasteiger partial charge in [0.05, 0.1) is 17.3 Å².